The van der Waals surface area contributed by atoms with Crippen LogP contribution in [0.2, 0.25) is 0 Å². The summed E-state index contributed by atoms with van der Waals surface area (Å²) in [5.41, 5.74) is 5.03. The Morgan fingerprint density at radius 2 is 2.00 bits per heavy atom. The number of nitrogens with zero attached hydrogens (tertiary/aromatic N) is 1. The maximum Gasteiger partial charge on any atom is 0.258 e. The van der Waals surface area contributed by atoms with E-state index in [2.05, 4.69) is 31.7 Å². The van der Waals surface area contributed by atoms with E-state index in [1.807, 2.05) is 42.5 Å². The second-order valence-electron chi connectivity index (χ2n) is 4.98. The first-order valence-electron chi connectivity index (χ1n) is 6.63. The van der Waals surface area contributed by atoms with E-state index in [-0.39, 0.29) is 5.91 Å². The molecule has 2 aromatic rings. The minimum Gasteiger partial charge on any atom is -0.321 e. The number of para-hydroxylation sites is 1. The lowest BCUT2D eigenvalue weighted by molar-refractivity contribution is -0.110. The Labute approximate surface area is 133 Å². The van der Waals surface area contributed by atoms with Gasteiger partial charge >= 0.3 is 0 Å². The molecule has 6 heteroatoms. The van der Waals surface area contributed by atoms with Gasteiger partial charge in [-0.15, -0.1) is 0 Å². The Balaban J connectivity index is 2.05. The van der Waals surface area contributed by atoms with Crippen LogP contribution in [0.25, 0.3) is 11.3 Å². The summed E-state index contributed by atoms with van der Waals surface area (Å²) >= 11 is 3.39. The summed E-state index contributed by atoms with van der Waals surface area (Å²) in [5, 5.41) is 13.8. The third kappa shape index (κ3) is 1.81. The highest BCUT2D eigenvalue weighted by Crippen LogP contribution is 2.37. The molecule has 0 unspecified atom stereocenters. The topological polar surface area (TPSA) is 73.7 Å². The molecule has 5 nitrogen and oxygen atoms in total. The molecule has 2 aliphatic rings. The van der Waals surface area contributed by atoms with Crippen LogP contribution in [-0.2, 0) is 4.79 Å². The molecule has 108 valence electrons. The van der Waals surface area contributed by atoms with Gasteiger partial charge in [0.25, 0.3) is 5.91 Å². The molecule has 0 aliphatic carbocycles. The number of hydrogen-bond donors (Lipinski definition) is 3. The third-order valence-electron chi connectivity index (χ3n) is 3.72. The van der Waals surface area contributed by atoms with E-state index in [1.54, 1.807) is 0 Å². The number of hydroxylamine groups is 1. The Hall–Kier alpha value is -2.44. The fourth-order valence-electron chi connectivity index (χ4n) is 2.76. The van der Waals surface area contributed by atoms with Gasteiger partial charge in [0, 0.05) is 15.3 Å². The molecular formula is C16H10BrN3O2. The summed E-state index contributed by atoms with van der Waals surface area (Å²) in [7, 11) is 0. The molecule has 22 heavy (non-hydrogen) atoms. The zero-order chi connectivity index (χ0) is 15.3. The molecule has 2 aliphatic heterocycles. The summed E-state index contributed by atoms with van der Waals surface area (Å²) in [4.78, 5) is 16.9. The van der Waals surface area contributed by atoms with Gasteiger partial charge in [-0.3, -0.25) is 15.5 Å². The quantitative estimate of drug-likeness (QED) is 0.536. The third-order valence-corrected chi connectivity index (χ3v) is 4.21. The fourth-order valence-corrected chi connectivity index (χ4v) is 3.12. The average Bonchev–Trinajstić information content (AvgIpc) is 3.02. The van der Waals surface area contributed by atoms with Gasteiger partial charge in [0.1, 0.15) is 5.70 Å². The number of anilines is 1. The van der Waals surface area contributed by atoms with E-state index < -0.39 is 0 Å². The summed E-state index contributed by atoms with van der Waals surface area (Å²) in [6.07, 6.45) is 0. The van der Waals surface area contributed by atoms with Crippen molar-refractivity contribution in [3.63, 3.8) is 0 Å². The van der Waals surface area contributed by atoms with Gasteiger partial charge in [0.15, 0.2) is 0 Å². The molecule has 0 fully saturated rings. The molecule has 0 atom stereocenters. The molecule has 1 amide bonds. The number of halogens is 1. The maximum absolute atomic E-state index is 12.4. The van der Waals surface area contributed by atoms with Crippen LogP contribution in [0.1, 0.15) is 5.56 Å². The largest absolute Gasteiger partial charge is 0.321 e. The maximum atomic E-state index is 12.4. The minimum atomic E-state index is -0.229. The summed E-state index contributed by atoms with van der Waals surface area (Å²) < 4.78 is 0.883. The normalized spacial score (nSPS) is 18.6. The van der Waals surface area contributed by atoms with Crippen molar-refractivity contribution < 1.29 is 10.0 Å². The lowest BCUT2D eigenvalue weighted by atomic mass is 10.0. The van der Waals surface area contributed by atoms with Gasteiger partial charge < -0.3 is 5.32 Å². The lowest BCUT2D eigenvalue weighted by Gasteiger charge is -2.05. The Bertz CT molecular complexity index is 979. The Morgan fingerprint density at radius 3 is 2.82 bits per heavy atom. The van der Waals surface area contributed by atoms with Crippen LogP contribution in [0.15, 0.2) is 57.6 Å². The number of fused-ring (bicyclic) bond motifs is 2. The average molecular weight is 356 g/mol. The van der Waals surface area contributed by atoms with Crippen LogP contribution in [0, 0.1) is 0 Å². The molecule has 2 heterocycles. The first-order chi connectivity index (χ1) is 10.7. The summed E-state index contributed by atoms with van der Waals surface area (Å²) in [5.74, 6) is -0.229. The van der Waals surface area contributed by atoms with Gasteiger partial charge in [-0.25, -0.2) is 4.99 Å². The first-order valence-corrected chi connectivity index (χ1v) is 7.42. The minimum absolute atomic E-state index is 0.229. The molecule has 0 saturated carbocycles. The van der Waals surface area contributed by atoms with Crippen LogP contribution in [0.3, 0.4) is 0 Å². The Kier molecular flexibility index (Phi) is 2.88. The van der Waals surface area contributed by atoms with E-state index in [0.29, 0.717) is 17.0 Å². The molecule has 0 radical (unpaired) electrons. The van der Waals surface area contributed by atoms with Crippen LogP contribution in [0.4, 0.5) is 5.69 Å². The Morgan fingerprint density at radius 1 is 1.18 bits per heavy atom. The molecule has 0 aromatic heterocycles. The van der Waals surface area contributed by atoms with E-state index in [9.17, 15) is 10.0 Å². The summed E-state index contributed by atoms with van der Waals surface area (Å²) in [6, 6.07) is 13.0. The molecule has 2 aromatic carbocycles. The number of nitrogens with one attached hydrogen (secondary N) is 2. The van der Waals surface area contributed by atoms with E-state index in [1.165, 1.54) is 0 Å². The van der Waals surface area contributed by atoms with E-state index in [4.69, 9.17) is 0 Å². The number of rotatable bonds is 1. The van der Waals surface area contributed by atoms with Crippen LogP contribution < -0.4 is 21.4 Å². The molecule has 0 bridgehead atoms. The van der Waals surface area contributed by atoms with Crippen molar-refractivity contribution in [3.05, 3.63) is 68.8 Å². The number of amides is 1. The van der Waals surface area contributed by atoms with Crippen molar-refractivity contribution in [2.75, 3.05) is 5.32 Å². The highest BCUT2D eigenvalue weighted by atomic mass is 79.9. The lowest BCUT2D eigenvalue weighted by Crippen LogP contribution is -2.26. The SMILES string of the molecule is O=C1Nc2cc(Br)ccc2C1=C1N=c2ccccc2=C1NO. The van der Waals surface area contributed by atoms with Crippen LogP contribution in [-0.4, -0.2) is 11.1 Å². The highest BCUT2D eigenvalue weighted by Gasteiger charge is 2.30. The van der Waals surface area contributed by atoms with Gasteiger partial charge in [-0.05, 0) is 18.2 Å². The predicted octanol–water partition coefficient (Wildman–Crippen LogP) is 1.53. The van der Waals surface area contributed by atoms with Crippen LogP contribution >= 0.6 is 15.9 Å². The standard InChI is InChI=1S/C16H10BrN3O2/c17-8-5-6-9-12(7-8)19-16(21)13(9)15-14(20-22)10-3-1-2-4-11(10)18-15/h1-7,20,22H,(H,19,21). The number of carbonyl (C=O) groups is 1. The molecular weight excluding hydrogens is 346 g/mol. The molecule has 3 N–H and O–H groups in total. The van der Waals surface area contributed by atoms with E-state index in [0.717, 1.165) is 26.3 Å². The monoisotopic (exact) mass is 355 g/mol. The van der Waals surface area contributed by atoms with Crippen molar-refractivity contribution in [2.45, 2.75) is 0 Å². The highest BCUT2D eigenvalue weighted by molar-refractivity contribution is 9.10. The van der Waals surface area contributed by atoms with E-state index >= 15 is 0 Å². The zero-order valence-corrected chi connectivity index (χ0v) is 12.8. The second kappa shape index (κ2) is 4.79. The molecule has 0 spiro atoms. The molecule has 0 saturated heterocycles. The first kappa shape index (κ1) is 13.2. The fraction of sp³-hybridized carbons (Fsp3) is 0. The van der Waals surface area contributed by atoms with Gasteiger partial charge in [-0.2, -0.15) is 0 Å². The summed E-state index contributed by atoms with van der Waals surface area (Å²) in [6.45, 7) is 0. The van der Waals surface area contributed by atoms with Crippen molar-refractivity contribution in [2.24, 2.45) is 4.99 Å². The van der Waals surface area contributed by atoms with Gasteiger partial charge in [0.05, 0.1) is 22.3 Å². The molecule has 4 rings (SSSR count). The van der Waals surface area contributed by atoms with Crippen molar-refractivity contribution in [1.82, 2.24) is 5.48 Å². The number of hydrogen-bond acceptors (Lipinski definition) is 4. The van der Waals surface area contributed by atoms with Gasteiger partial charge in [0.2, 0.25) is 0 Å². The van der Waals surface area contributed by atoms with Crippen molar-refractivity contribution in [3.8, 4) is 0 Å². The van der Waals surface area contributed by atoms with Crippen molar-refractivity contribution in [1.29, 1.82) is 0 Å². The smallest absolute Gasteiger partial charge is 0.258 e. The second-order valence-corrected chi connectivity index (χ2v) is 5.90. The van der Waals surface area contributed by atoms with Gasteiger partial charge in [-0.1, -0.05) is 40.2 Å². The number of carbonyl (C=O) groups excluding carboxylic acids is 1. The van der Waals surface area contributed by atoms with Crippen molar-refractivity contribution >= 4 is 38.8 Å². The zero-order valence-electron chi connectivity index (χ0n) is 11.2. The predicted molar refractivity (Wildman–Crippen MR) is 85.2 cm³/mol. The number of benzene rings is 2. The van der Waals surface area contributed by atoms with Crippen LogP contribution in [0.5, 0.6) is 0 Å².